The highest BCUT2D eigenvalue weighted by Gasteiger charge is 2.25. The molecule has 5 aromatic heterocycles. The smallest absolute Gasteiger partial charge is 0.164 e. The number of pyridine rings is 2. The monoisotopic (exact) mass is 576 g/mol. The molecule has 0 radical (unpaired) electrons. The number of aromatic nitrogens is 6. The van der Waals surface area contributed by atoms with Crippen LogP contribution in [0.1, 0.15) is 36.6 Å². The minimum absolute atomic E-state index is 0.255. The molecule has 1 aliphatic heterocycles. The molecular formula is C33H33FN8O. The van der Waals surface area contributed by atoms with E-state index in [-0.39, 0.29) is 11.9 Å². The third kappa shape index (κ3) is 5.02. The summed E-state index contributed by atoms with van der Waals surface area (Å²) in [5.41, 5.74) is 14.2. The summed E-state index contributed by atoms with van der Waals surface area (Å²) in [6.45, 7) is 8.31. The van der Waals surface area contributed by atoms with Gasteiger partial charge < -0.3 is 14.9 Å². The molecule has 0 saturated carbocycles. The predicted molar refractivity (Wildman–Crippen MR) is 165 cm³/mol. The Morgan fingerprint density at radius 2 is 1.86 bits per heavy atom. The summed E-state index contributed by atoms with van der Waals surface area (Å²) in [7, 11) is 0. The predicted octanol–water partition coefficient (Wildman–Crippen LogP) is 5.53. The van der Waals surface area contributed by atoms with Crippen LogP contribution in [0.25, 0.3) is 39.2 Å². The van der Waals surface area contributed by atoms with Gasteiger partial charge in [0.05, 0.1) is 36.0 Å². The number of rotatable bonds is 7. The average Bonchev–Trinajstić information content (AvgIpc) is 3.62. The zero-order valence-electron chi connectivity index (χ0n) is 24.2. The SMILES string of the molecule is CCc1cc(F)cc(-c2nn([C@@H](C)c3cc4ccccn4c3-c3ccc(CN4CCOCC4)cn3)c3ncnc(N)c23)c1. The summed E-state index contributed by atoms with van der Waals surface area (Å²) >= 11 is 0. The van der Waals surface area contributed by atoms with Gasteiger partial charge in [-0.2, -0.15) is 5.10 Å². The summed E-state index contributed by atoms with van der Waals surface area (Å²) in [5.74, 6) is -0.00909. The van der Waals surface area contributed by atoms with E-state index in [2.05, 4.69) is 56.7 Å². The van der Waals surface area contributed by atoms with E-state index in [9.17, 15) is 4.39 Å². The minimum Gasteiger partial charge on any atom is -0.383 e. The first-order valence-electron chi connectivity index (χ1n) is 14.6. The van der Waals surface area contributed by atoms with Crippen molar-refractivity contribution >= 4 is 22.4 Å². The number of aryl methyl sites for hydroxylation is 1. The van der Waals surface area contributed by atoms with Crippen LogP contribution in [0.3, 0.4) is 0 Å². The van der Waals surface area contributed by atoms with E-state index in [1.165, 1.54) is 12.4 Å². The molecule has 10 heteroatoms. The third-order valence-electron chi connectivity index (χ3n) is 8.26. The molecule has 43 heavy (non-hydrogen) atoms. The van der Waals surface area contributed by atoms with Gasteiger partial charge in [0.15, 0.2) is 5.65 Å². The van der Waals surface area contributed by atoms with E-state index in [1.54, 1.807) is 6.07 Å². The van der Waals surface area contributed by atoms with Crippen molar-refractivity contribution in [1.29, 1.82) is 0 Å². The fraction of sp³-hybridized carbons (Fsp3) is 0.273. The lowest BCUT2D eigenvalue weighted by atomic mass is 10.0. The maximum absolute atomic E-state index is 14.6. The number of benzene rings is 1. The standard InChI is InChI=1S/C33H33FN8O/c1-3-22-14-24(16-25(34)15-22)30-29-32(35)37-20-38-33(29)42(39-30)21(2)27-17-26-6-4-5-9-41(26)31(27)28-8-7-23(18-36-28)19-40-10-12-43-13-11-40/h4-9,14-18,20-21H,3,10-13,19H2,1-2H3,(H2,35,37,38)/t21-/m0/s1. The van der Waals surface area contributed by atoms with Crippen molar-refractivity contribution in [3.8, 4) is 22.6 Å². The Hall–Kier alpha value is -4.67. The van der Waals surface area contributed by atoms with Crippen LogP contribution < -0.4 is 5.73 Å². The van der Waals surface area contributed by atoms with Gasteiger partial charge in [-0.15, -0.1) is 0 Å². The Labute approximate surface area is 248 Å². The van der Waals surface area contributed by atoms with Gasteiger partial charge in [-0.1, -0.05) is 19.1 Å². The lowest BCUT2D eigenvalue weighted by Gasteiger charge is -2.26. The average molecular weight is 577 g/mol. The molecule has 1 aliphatic rings. The van der Waals surface area contributed by atoms with E-state index in [4.69, 9.17) is 20.6 Å². The molecule has 6 heterocycles. The topological polar surface area (TPSA) is 99.4 Å². The van der Waals surface area contributed by atoms with Crippen molar-refractivity contribution in [1.82, 2.24) is 34.0 Å². The molecule has 0 unspecified atom stereocenters. The van der Waals surface area contributed by atoms with Gasteiger partial charge in [-0.25, -0.2) is 19.0 Å². The van der Waals surface area contributed by atoms with Crippen molar-refractivity contribution in [2.45, 2.75) is 32.9 Å². The molecule has 2 N–H and O–H groups in total. The number of anilines is 1. The number of hydrogen-bond donors (Lipinski definition) is 1. The molecular weight excluding hydrogens is 543 g/mol. The second-order valence-electron chi connectivity index (χ2n) is 11.0. The van der Waals surface area contributed by atoms with Crippen LogP contribution in [0, 0.1) is 5.82 Å². The summed E-state index contributed by atoms with van der Waals surface area (Å²) in [4.78, 5) is 16.2. The van der Waals surface area contributed by atoms with Crippen LogP contribution in [0.15, 0.2) is 73.3 Å². The highest BCUT2D eigenvalue weighted by Crippen LogP contribution is 2.37. The second kappa shape index (κ2) is 11.2. The van der Waals surface area contributed by atoms with Gasteiger partial charge in [0.2, 0.25) is 0 Å². The Morgan fingerprint density at radius 1 is 1.00 bits per heavy atom. The van der Waals surface area contributed by atoms with Crippen LogP contribution in [-0.4, -0.2) is 60.3 Å². The Morgan fingerprint density at radius 3 is 2.65 bits per heavy atom. The van der Waals surface area contributed by atoms with Gasteiger partial charge in [0.25, 0.3) is 0 Å². The normalized spacial score (nSPS) is 15.0. The van der Waals surface area contributed by atoms with Crippen molar-refractivity contribution in [3.63, 3.8) is 0 Å². The third-order valence-corrected chi connectivity index (χ3v) is 8.26. The molecule has 0 aliphatic carbocycles. The lowest BCUT2D eigenvalue weighted by Crippen LogP contribution is -2.35. The lowest BCUT2D eigenvalue weighted by molar-refractivity contribution is 0.0341. The van der Waals surface area contributed by atoms with Crippen LogP contribution in [0.5, 0.6) is 0 Å². The van der Waals surface area contributed by atoms with E-state index < -0.39 is 0 Å². The fourth-order valence-electron chi connectivity index (χ4n) is 6.00. The number of morpholine rings is 1. The molecule has 1 saturated heterocycles. The van der Waals surface area contributed by atoms with Crippen molar-refractivity contribution in [2.24, 2.45) is 0 Å². The second-order valence-corrected chi connectivity index (χ2v) is 11.0. The largest absolute Gasteiger partial charge is 0.383 e. The zero-order chi connectivity index (χ0) is 29.5. The van der Waals surface area contributed by atoms with Gasteiger partial charge >= 0.3 is 0 Å². The first kappa shape index (κ1) is 27.2. The molecule has 0 amide bonds. The van der Waals surface area contributed by atoms with Gasteiger partial charge in [0, 0.05) is 48.7 Å². The number of nitrogens with zero attached hydrogens (tertiary/aromatic N) is 7. The van der Waals surface area contributed by atoms with E-state index in [0.717, 1.165) is 66.4 Å². The molecule has 7 rings (SSSR count). The first-order chi connectivity index (χ1) is 21.0. The van der Waals surface area contributed by atoms with E-state index >= 15 is 0 Å². The highest BCUT2D eigenvalue weighted by molar-refractivity contribution is 5.98. The van der Waals surface area contributed by atoms with Crippen LogP contribution in [0.4, 0.5) is 10.2 Å². The van der Waals surface area contributed by atoms with Gasteiger partial charge in [-0.3, -0.25) is 9.88 Å². The van der Waals surface area contributed by atoms with E-state index in [0.29, 0.717) is 34.5 Å². The zero-order valence-corrected chi connectivity index (χ0v) is 24.2. The number of hydrogen-bond acceptors (Lipinski definition) is 7. The summed E-state index contributed by atoms with van der Waals surface area (Å²) in [5, 5.41) is 5.63. The number of nitrogens with two attached hydrogens (primary N) is 1. The molecule has 1 atom stereocenters. The van der Waals surface area contributed by atoms with Gasteiger partial charge in [-0.05, 0) is 66.9 Å². The Balaban J connectivity index is 1.34. The van der Waals surface area contributed by atoms with E-state index in [1.807, 2.05) is 36.0 Å². The fourth-order valence-corrected chi connectivity index (χ4v) is 6.00. The molecule has 1 aromatic carbocycles. The first-order valence-corrected chi connectivity index (χ1v) is 14.6. The summed E-state index contributed by atoms with van der Waals surface area (Å²) in [6, 6.07) is 17.3. The summed E-state index contributed by atoms with van der Waals surface area (Å²) < 4.78 is 24.2. The van der Waals surface area contributed by atoms with Crippen LogP contribution in [0.2, 0.25) is 0 Å². The van der Waals surface area contributed by atoms with Crippen molar-refractivity contribution < 1.29 is 9.13 Å². The quantitative estimate of drug-likeness (QED) is 0.267. The Bertz CT molecular complexity index is 1920. The molecule has 0 spiro atoms. The van der Waals surface area contributed by atoms with Crippen LogP contribution in [-0.2, 0) is 17.7 Å². The summed E-state index contributed by atoms with van der Waals surface area (Å²) in [6.07, 6.45) is 6.16. The van der Waals surface area contributed by atoms with Crippen LogP contribution >= 0.6 is 0 Å². The number of nitrogen functional groups attached to an aromatic ring is 1. The van der Waals surface area contributed by atoms with Crippen molar-refractivity contribution in [2.75, 3.05) is 32.0 Å². The number of ether oxygens (including phenoxy) is 1. The molecule has 9 nitrogen and oxygen atoms in total. The maximum atomic E-state index is 14.6. The molecule has 0 bridgehead atoms. The molecule has 6 aromatic rings. The molecule has 1 fully saturated rings. The molecule has 218 valence electrons. The minimum atomic E-state index is -0.315. The number of fused-ring (bicyclic) bond motifs is 2. The number of halogens is 1. The highest BCUT2D eigenvalue weighted by atomic mass is 19.1. The van der Waals surface area contributed by atoms with Crippen molar-refractivity contribution in [3.05, 3.63) is 95.8 Å². The Kier molecular flexibility index (Phi) is 7.08. The van der Waals surface area contributed by atoms with Gasteiger partial charge in [0.1, 0.15) is 23.7 Å². The maximum Gasteiger partial charge on any atom is 0.164 e.